The number of H-pyrrole nitrogens is 1. The van der Waals surface area contributed by atoms with Crippen LogP contribution in [0.25, 0.3) is 0 Å². The fraction of sp³-hybridized carbons (Fsp3) is 0.200. The third-order valence-corrected chi connectivity index (χ3v) is 3.51. The van der Waals surface area contributed by atoms with Gasteiger partial charge in [0.05, 0.1) is 12.1 Å². The van der Waals surface area contributed by atoms with E-state index in [0.717, 1.165) is 5.56 Å². The molecule has 0 aliphatic carbocycles. The van der Waals surface area contributed by atoms with Crippen LogP contribution < -0.4 is 10.6 Å². The summed E-state index contributed by atoms with van der Waals surface area (Å²) in [5.41, 5.74) is 1.42. The van der Waals surface area contributed by atoms with E-state index in [-0.39, 0.29) is 30.1 Å². The number of aromatic nitrogens is 2. The summed E-state index contributed by atoms with van der Waals surface area (Å²) in [6.45, 7) is 0. The molecule has 3 N–H and O–H groups in total. The van der Waals surface area contributed by atoms with Crippen LogP contribution in [-0.4, -0.2) is 27.9 Å². The Labute approximate surface area is 126 Å². The predicted molar refractivity (Wildman–Crippen MR) is 77.9 cm³/mol. The number of hydrogen-bond donors (Lipinski definition) is 3. The quantitative estimate of drug-likeness (QED) is 0.728. The second-order valence-corrected chi connectivity index (χ2v) is 5.14. The third kappa shape index (κ3) is 3.03. The monoisotopic (exact) mass is 298 g/mol. The molecular formula is C15H14N4O3. The van der Waals surface area contributed by atoms with Crippen molar-refractivity contribution in [2.45, 2.75) is 12.8 Å². The lowest BCUT2D eigenvalue weighted by atomic mass is 9.97. The van der Waals surface area contributed by atoms with Crippen LogP contribution in [0.2, 0.25) is 0 Å². The first-order chi connectivity index (χ1) is 10.6. The first kappa shape index (κ1) is 14.0. The van der Waals surface area contributed by atoms with E-state index < -0.39 is 0 Å². The van der Waals surface area contributed by atoms with E-state index in [1.54, 1.807) is 36.5 Å². The Bertz CT molecular complexity index is 707. The molecule has 2 heterocycles. The Morgan fingerprint density at radius 3 is 2.59 bits per heavy atom. The van der Waals surface area contributed by atoms with Gasteiger partial charge in [-0.1, -0.05) is 12.1 Å². The minimum absolute atomic E-state index is 0.223. The van der Waals surface area contributed by atoms with Crippen molar-refractivity contribution in [1.82, 2.24) is 15.5 Å². The second kappa shape index (κ2) is 5.80. The van der Waals surface area contributed by atoms with Crippen molar-refractivity contribution >= 4 is 23.5 Å². The summed E-state index contributed by atoms with van der Waals surface area (Å²) in [6, 6.07) is 8.61. The Kier molecular flexibility index (Phi) is 3.69. The van der Waals surface area contributed by atoms with E-state index in [1.165, 1.54) is 0 Å². The predicted octanol–water partition coefficient (Wildman–Crippen LogP) is 0.867. The van der Waals surface area contributed by atoms with E-state index >= 15 is 0 Å². The van der Waals surface area contributed by atoms with Gasteiger partial charge in [0.2, 0.25) is 11.8 Å². The van der Waals surface area contributed by atoms with E-state index in [4.69, 9.17) is 0 Å². The summed E-state index contributed by atoms with van der Waals surface area (Å²) < 4.78 is 0. The zero-order valence-corrected chi connectivity index (χ0v) is 11.6. The van der Waals surface area contributed by atoms with Crippen LogP contribution in [0.1, 0.15) is 22.3 Å². The largest absolute Gasteiger partial charge is 0.307 e. The van der Waals surface area contributed by atoms with Crippen molar-refractivity contribution in [3.8, 4) is 0 Å². The van der Waals surface area contributed by atoms with Gasteiger partial charge in [-0.2, -0.15) is 5.10 Å². The Morgan fingerprint density at radius 2 is 2.00 bits per heavy atom. The van der Waals surface area contributed by atoms with Gasteiger partial charge in [0.25, 0.3) is 5.91 Å². The fourth-order valence-electron chi connectivity index (χ4n) is 2.37. The molecule has 2 aromatic rings. The standard InChI is InChI=1S/C15H14N4O3/c20-13-8-11(15(22)18-13)7-9-1-3-10(4-2-9)14(21)17-12-5-6-16-19-12/h1-6,11H,7-8H2,(H,18,20,22)(H2,16,17,19,21). The summed E-state index contributed by atoms with van der Waals surface area (Å²) >= 11 is 0. The van der Waals surface area contributed by atoms with Gasteiger partial charge in [-0.25, -0.2) is 0 Å². The molecule has 7 heteroatoms. The van der Waals surface area contributed by atoms with Gasteiger partial charge in [0.1, 0.15) is 5.82 Å². The first-order valence-electron chi connectivity index (χ1n) is 6.85. The average Bonchev–Trinajstić information content (AvgIpc) is 3.10. The third-order valence-electron chi connectivity index (χ3n) is 3.51. The zero-order chi connectivity index (χ0) is 15.5. The highest BCUT2D eigenvalue weighted by Crippen LogP contribution is 2.18. The molecule has 1 saturated heterocycles. The maximum absolute atomic E-state index is 12.0. The zero-order valence-electron chi connectivity index (χ0n) is 11.6. The van der Waals surface area contributed by atoms with E-state index in [0.29, 0.717) is 17.8 Å². The molecule has 1 aromatic heterocycles. The molecule has 0 spiro atoms. The normalized spacial score (nSPS) is 17.4. The van der Waals surface area contributed by atoms with Gasteiger partial charge in [0, 0.05) is 18.1 Å². The molecule has 1 aromatic carbocycles. The van der Waals surface area contributed by atoms with E-state index in [2.05, 4.69) is 20.8 Å². The van der Waals surface area contributed by atoms with Crippen molar-refractivity contribution in [1.29, 1.82) is 0 Å². The maximum Gasteiger partial charge on any atom is 0.256 e. The minimum atomic E-state index is -0.322. The van der Waals surface area contributed by atoms with Crippen molar-refractivity contribution in [2.24, 2.45) is 5.92 Å². The summed E-state index contributed by atoms with van der Waals surface area (Å²) in [5, 5.41) is 11.4. The number of imide groups is 1. The van der Waals surface area contributed by atoms with Gasteiger partial charge in [-0.15, -0.1) is 0 Å². The van der Waals surface area contributed by atoms with Crippen LogP contribution in [0.5, 0.6) is 0 Å². The summed E-state index contributed by atoms with van der Waals surface area (Å²) in [6.07, 6.45) is 2.26. The fourth-order valence-corrected chi connectivity index (χ4v) is 2.37. The molecule has 112 valence electrons. The SMILES string of the molecule is O=C1CC(Cc2ccc(C(=O)Nc3ccn[nH]3)cc2)C(=O)N1. The Morgan fingerprint density at radius 1 is 1.23 bits per heavy atom. The number of benzene rings is 1. The van der Waals surface area contributed by atoms with E-state index in [1.807, 2.05) is 0 Å². The van der Waals surface area contributed by atoms with E-state index in [9.17, 15) is 14.4 Å². The maximum atomic E-state index is 12.0. The van der Waals surface area contributed by atoms with Crippen LogP contribution in [0, 0.1) is 5.92 Å². The van der Waals surface area contributed by atoms with Crippen LogP contribution in [0.4, 0.5) is 5.82 Å². The van der Waals surface area contributed by atoms with Crippen molar-refractivity contribution < 1.29 is 14.4 Å². The smallest absolute Gasteiger partial charge is 0.256 e. The average molecular weight is 298 g/mol. The number of carbonyl (C=O) groups excluding carboxylic acids is 3. The minimum Gasteiger partial charge on any atom is -0.307 e. The van der Waals surface area contributed by atoms with Crippen LogP contribution in [0.15, 0.2) is 36.5 Å². The summed E-state index contributed by atoms with van der Waals surface area (Å²) in [7, 11) is 0. The molecule has 0 saturated carbocycles. The van der Waals surface area contributed by atoms with Crippen molar-refractivity contribution in [2.75, 3.05) is 5.32 Å². The lowest BCUT2D eigenvalue weighted by molar-refractivity contribution is -0.125. The number of rotatable bonds is 4. The molecule has 1 aliphatic heterocycles. The number of carbonyl (C=O) groups is 3. The second-order valence-electron chi connectivity index (χ2n) is 5.14. The molecule has 1 fully saturated rings. The number of nitrogens with one attached hydrogen (secondary N) is 3. The Balaban J connectivity index is 1.64. The first-order valence-corrected chi connectivity index (χ1v) is 6.85. The molecule has 0 radical (unpaired) electrons. The molecule has 7 nitrogen and oxygen atoms in total. The summed E-state index contributed by atoms with van der Waals surface area (Å²) in [5.74, 6) is -0.506. The summed E-state index contributed by atoms with van der Waals surface area (Å²) in [4.78, 5) is 34.7. The molecule has 1 unspecified atom stereocenters. The lowest BCUT2D eigenvalue weighted by Gasteiger charge is -2.07. The van der Waals surface area contributed by atoms with Crippen molar-refractivity contribution in [3.63, 3.8) is 0 Å². The molecule has 3 rings (SSSR count). The highest BCUT2D eigenvalue weighted by atomic mass is 16.2. The molecule has 1 aliphatic rings. The van der Waals surface area contributed by atoms with Gasteiger partial charge in [0.15, 0.2) is 0 Å². The molecule has 0 bridgehead atoms. The number of hydrogen-bond acceptors (Lipinski definition) is 4. The van der Waals surface area contributed by atoms with Gasteiger partial charge >= 0.3 is 0 Å². The number of amides is 3. The molecular weight excluding hydrogens is 284 g/mol. The molecule has 3 amide bonds. The highest BCUT2D eigenvalue weighted by Gasteiger charge is 2.30. The molecule has 22 heavy (non-hydrogen) atoms. The van der Waals surface area contributed by atoms with Gasteiger partial charge in [-0.3, -0.25) is 24.8 Å². The van der Waals surface area contributed by atoms with Crippen LogP contribution >= 0.6 is 0 Å². The van der Waals surface area contributed by atoms with Crippen molar-refractivity contribution in [3.05, 3.63) is 47.7 Å². The van der Waals surface area contributed by atoms with Crippen LogP contribution in [-0.2, 0) is 16.0 Å². The van der Waals surface area contributed by atoms with Gasteiger partial charge in [-0.05, 0) is 24.1 Å². The van der Waals surface area contributed by atoms with Crippen LogP contribution in [0.3, 0.4) is 0 Å². The Hall–Kier alpha value is -2.96. The molecule has 1 atom stereocenters. The topological polar surface area (TPSA) is 104 Å². The lowest BCUT2D eigenvalue weighted by Crippen LogP contribution is -2.22. The number of anilines is 1. The van der Waals surface area contributed by atoms with Gasteiger partial charge < -0.3 is 5.32 Å². The highest BCUT2D eigenvalue weighted by molar-refractivity contribution is 6.04. The number of nitrogens with zero attached hydrogens (tertiary/aromatic N) is 1. The number of aromatic amines is 1.